The van der Waals surface area contributed by atoms with E-state index in [9.17, 15) is 18.4 Å². The second-order valence-corrected chi connectivity index (χ2v) is 2.85. The van der Waals surface area contributed by atoms with E-state index in [1.54, 1.807) is 0 Å². The first-order valence-corrected chi connectivity index (χ1v) is 3.95. The van der Waals surface area contributed by atoms with Crippen LogP contribution in [0.4, 0.5) is 8.78 Å². The molecule has 1 rings (SSSR count). The zero-order chi connectivity index (χ0) is 9.84. The van der Waals surface area contributed by atoms with Gasteiger partial charge in [-0.3, -0.25) is 9.59 Å². The van der Waals surface area contributed by atoms with Crippen molar-refractivity contribution in [1.82, 2.24) is 10.6 Å². The van der Waals surface area contributed by atoms with Gasteiger partial charge < -0.3 is 10.6 Å². The van der Waals surface area contributed by atoms with Crippen LogP contribution in [0.3, 0.4) is 0 Å². The number of carbonyl (C=O) groups excluding carboxylic acids is 2. The Morgan fingerprint density at radius 2 is 2.38 bits per heavy atom. The van der Waals surface area contributed by atoms with Crippen molar-refractivity contribution in [2.75, 3.05) is 6.54 Å². The summed E-state index contributed by atoms with van der Waals surface area (Å²) >= 11 is 0. The minimum absolute atomic E-state index is 0.0783. The third-order valence-corrected chi connectivity index (χ3v) is 1.81. The minimum Gasteiger partial charge on any atom is -0.352 e. The monoisotopic (exact) mass is 192 g/mol. The zero-order valence-corrected chi connectivity index (χ0v) is 6.85. The highest BCUT2D eigenvalue weighted by molar-refractivity contribution is 5.80. The first-order chi connectivity index (χ1) is 6.09. The van der Waals surface area contributed by atoms with Gasteiger partial charge in [-0.15, -0.1) is 0 Å². The van der Waals surface area contributed by atoms with Crippen molar-refractivity contribution in [2.45, 2.75) is 25.3 Å². The fraction of sp³-hybridized carbons (Fsp3) is 0.714. The van der Waals surface area contributed by atoms with Crippen LogP contribution in [0.5, 0.6) is 0 Å². The maximum Gasteiger partial charge on any atom is 0.315 e. The van der Waals surface area contributed by atoms with Crippen LogP contribution >= 0.6 is 0 Å². The summed E-state index contributed by atoms with van der Waals surface area (Å²) in [5.41, 5.74) is 0. The fourth-order valence-corrected chi connectivity index (χ4v) is 1.13. The third kappa shape index (κ3) is 2.96. The first kappa shape index (κ1) is 9.88. The molecular formula is C7H10F2N2O2. The van der Waals surface area contributed by atoms with Gasteiger partial charge in [0, 0.05) is 19.0 Å². The van der Waals surface area contributed by atoms with Crippen LogP contribution in [0.25, 0.3) is 0 Å². The lowest BCUT2D eigenvalue weighted by Gasteiger charge is -2.10. The van der Waals surface area contributed by atoms with Crippen LogP contribution in [-0.2, 0) is 9.59 Å². The molecule has 6 heteroatoms. The fourth-order valence-electron chi connectivity index (χ4n) is 1.13. The molecule has 13 heavy (non-hydrogen) atoms. The Kier molecular flexibility index (Phi) is 3.16. The van der Waals surface area contributed by atoms with E-state index in [1.165, 1.54) is 0 Å². The smallest absolute Gasteiger partial charge is 0.315 e. The van der Waals surface area contributed by atoms with E-state index in [4.69, 9.17) is 0 Å². The number of rotatable bonds is 3. The molecule has 0 aromatic carbocycles. The van der Waals surface area contributed by atoms with Crippen molar-refractivity contribution in [3.05, 3.63) is 0 Å². The molecule has 2 N–H and O–H groups in total. The van der Waals surface area contributed by atoms with Gasteiger partial charge in [-0.25, -0.2) is 0 Å². The predicted molar refractivity (Wildman–Crippen MR) is 40.2 cm³/mol. The molecular weight excluding hydrogens is 182 g/mol. The maximum absolute atomic E-state index is 11.7. The molecule has 0 aromatic rings. The third-order valence-electron chi connectivity index (χ3n) is 1.81. The summed E-state index contributed by atoms with van der Waals surface area (Å²) in [5.74, 6) is -1.39. The van der Waals surface area contributed by atoms with E-state index in [2.05, 4.69) is 5.32 Å². The standard InChI is InChI=1S/C7H10F2N2O2/c8-6(9)7(13)10-3-4-1-2-5(12)11-4/h4,6H,1-3H2,(H,10,13)(H,11,12). The van der Waals surface area contributed by atoms with E-state index in [-0.39, 0.29) is 18.5 Å². The van der Waals surface area contributed by atoms with Crippen molar-refractivity contribution >= 4 is 11.8 Å². The quantitative estimate of drug-likeness (QED) is 0.642. The SMILES string of the molecule is O=C1CCC(CNC(=O)C(F)F)N1. The summed E-state index contributed by atoms with van der Waals surface area (Å²) in [7, 11) is 0. The molecule has 0 saturated carbocycles. The van der Waals surface area contributed by atoms with Crippen molar-refractivity contribution in [2.24, 2.45) is 0 Å². The molecule has 0 bridgehead atoms. The van der Waals surface area contributed by atoms with E-state index >= 15 is 0 Å². The van der Waals surface area contributed by atoms with Gasteiger partial charge in [0.05, 0.1) is 0 Å². The topological polar surface area (TPSA) is 58.2 Å². The lowest BCUT2D eigenvalue weighted by atomic mass is 10.2. The van der Waals surface area contributed by atoms with E-state index in [0.29, 0.717) is 12.8 Å². The maximum atomic E-state index is 11.7. The largest absolute Gasteiger partial charge is 0.352 e. The molecule has 1 aliphatic rings. The number of nitrogens with one attached hydrogen (secondary N) is 2. The Labute approximate surface area is 73.7 Å². The molecule has 1 atom stereocenters. The van der Waals surface area contributed by atoms with Gasteiger partial charge in [-0.2, -0.15) is 8.78 Å². The van der Waals surface area contributed by atoms with Crippen LogP contribution in [0.15, 0.2) is 0 Å². The summed E-state index contributed by atoms with van der Waals surface area (Å²) in [6.45, 7) is 0.0783. The van der Waals surface area contributed by atoms with Gasteiger partial charge in [0.25, 0.3) is 5.91 Å². The summed E-state index contributed by atoms with van der Waals surface area (Å²) in [5, 5.41) is 4.59. The van der Waals surface area contributed by atoms with Gasteiger partial charge in [-0.1, -0.05) is 0 Å². The average molecular weight is 192 g/mol. The Morgan fingerprint density at radius 3 is 2.85 bits per heavy atom. The summed E-state index contributed by atoms with van der Waals surface area (Å²) in [6, 6.07) is -0.199. The number of amides is 2. The van der Waals surface area contributed by atoms with Crippen LogP contribution in [0.2, 0.25) is 0 Å². The number of hydrogen-bond donors (Lipinski definition) is 2. The Hall–Kier alpha value is -1.20. The van der Waals surface area contributed by atoms with Crippen molar-refractivity contribution in [3.8, 4) is 0 Å². The predicted octanol–water partition coefficient (Wildman–Crippen LogP) is -0.354. The van der Waals surface area contributed by atoms with Crippen LogP contribution < -0.4 is 10.6 Å². The lowest BCUT2D eigenvalue weighted by Crippen LogP contribution is -2.40. The molecule has 2 amide bonds. The van der Waals surface area contributed by atoms with Gasteiger partial charge in [0.15, 0.2) is 0 Å². The van der Waals surface area contributed by atoms with Crippen molar-refractivity contribution in [3.63, 3.8) is 0 Å². The van der Waals surface area contributed by atoms with E-state index in [1.807, 2.05) is 5.32 Å². The van der Waals surface area contributed by atoms with Gasteiger partial charge in [-0.05, 0) is 6.42 Å². The minimum atomic E-state index is -2.99. The Balaban J connectivity index is 2.19. The number of carbonyl (C=O) groups is 2. The molecule has 1 saturated heterocycles. The van der Waals surface area contributed by atoms with Crippen LogP contribution in [0, 0.1) is 0 Å². The normalized spacial score (nSPS) is 21.8. The first-order valence-electron chi connectivity index (χ1n) is 3.95. The molecule has 1 fully saturated rings. The molecule has 4 nitrogen and oxygen atoms in total. The summed E-state index contributed by atoms with van der Waals surface area (Å²) < 4.78 is 23.4. The van der Waals surface area contributed by atoms with Gasteiger partial charge in [0.2, 0.25) is 5.91 Å². The number of hydrogen-bond acceptors (Lipinski definition) is 2. The van der Waals surface area contributed by atoms with Gasteiger partial charge in [0.1, 0.15) is 0 Å². The highest BCUT2D eigenvalue weighted by atomic mass is 19.3. The number of halogens is 2. The second kappa shape index (κ2) is 4.15. The Bertz CT molecular complexity index is 221. The number of alkyl halides is 2. The molecule has 74 valence electrons. The summed E-state index contributed by atoms with van der Waals surface area (Å²) in [4.78, 5) is 21.1. The van der Waals surface area contributed by atoms with E-state index < -0.39 is 12.3 Å². The zero-order valence-electron chi connectivity index (χ0n) is 6.85. The van der Waals surface area contributed by atoms with E-state index in [0.717, 1.165) is 0 Å². The highest BCUT2D eigenvalue weighted by Gasteiger charge is 2.22. The van der Waals surface area contributed by atoms with Gasteiger partial charge >= 0.3 is 6.43 Å². The molecule has 1 unspecified atom stereocenters. The van der Waals surface area contributed by atoms with Crippen LogP contribution in [0.1, 0.15) is 12.8 Å². The van der Waals surface area contributed by atoms with Crippen molar-refractivity contribution in [1.29, 1.82) is 0 Å². The average Bonchev–Trinajstić information content (AvgIpc) is 2.47. The Morgan fingerprint density at radius 1 is 1.69 bits per heavy atom. The molecule has 0 aliphatic carbocycles. The molecule has 0 radical (unpaired) electrons. The van der Waals surface area contributed by atoms with Crippen LogP contribution in [-0.4, -0.2) is 30.8 Å². The molecule has 1 aliphatic heterocycles. The second-order valence-electron chi connectivity index (χ2n) is 2.85. The molecule has 1 heterocycles. The highest BCUT2D eigenvalue weighted by Crippen LogP contribution is 2.05. The summed E-state index contributed by atoms with van der Waals surface area (Å²) in [6.07, 6.45) is -2.01. The molecule has 0 spiro atoms. The lowest BCUT2D eigenvalue weighted by molar-refractivity contribution is -0.131. The molecule has 0 aromatic heterocycles. The van der Waals surface area contributed by atoms with Crippen molar-refractivity contribution < 1.29 is 18.4 Å².